The van der Waals surface area contributed by atoms with E-state index in [-0.39, 0.29) is 11.4 Å². The van der Waals surface area contributed by atoms with Gasteiger partial charge in [0.1, 0.15) is 11.4 Å². The Balaban J connectivity index is 2.55. The summed E-state index contributed by atoms with van der Waals surface area (Å²) in [7, 11) is 2.94. The molecule has 1 heterocycles. The number of amides is 2. The van der Waals surface area contributed by atoms with Crippen LogP contribution in [-0.2, 0) is 9.47 Å². The number of carbonyl (C=O) groups is 2. The van der Waals surface area contributed by atoms with Crippen LogP contribution in [0.3, 0.4) is 0 Å². The Hall–Kier alpha value is -2.70. The maximum atomic E-state index is 12.3. The lowest BCUT2D eigenvalue weighted by molar-refractivity contribution is 0.0579. The minimum atomic E-state index is -0.885. The molecule has 1 aromatic rings. The van der Waals surface area contributed by atoms with Crippen LogP contribution in [0.4, 0.5) is 15.3 Å². The molecule has 0 fully saturated rings. The van der Waals surface area contributed by atoms with Gasteiger partial charge in [-0.05, 0) is 26.8 Å². The van der Waals surface area contributed by atoms with Crippen LogP contribution in [0.1, 0.15) is 26.3 Å². The highest BCUT2D eigenvalue weighted by Gasteiger charge is 2.37. The van der Waals surface area contributed by atoms with Crippen LogP contribution < -0.4 is 14.4 Å². The van der Waals surface area contributed by atoms with Crippen LogP contribution in [0, 0.1) is 0 Å². The average molecular weight is 321 g/mol. The largest absolute Gasteiger partial charge is 0.493 e. The number of ether oxygens (including phenoxy) is 4. The van der Waals surface area contributed by atoms with Gasteiger partial charge in [0.25, 0.3) is 0 Å². The van der Waals surface area contributed by atoms with Gasteiger partial charge in [0.05, 0.1) is 19.9 Å². The molecule has 0 saturated heterocycles. The van der Waals surface area contributed by atoms with Gasteiger partial charge in [0.2, 0.25) is 0 Å². The normalized spacial score (nSPS) is 14.0. The van der Waals surface area contributed by atoms with Crippen molar-refractivity contribution in [3.8, 4) is 11.5 Å². The number of carbonyl (C=O) groups excluding carboxylic acids is 2. The SMILES string of the molecule is C=C1OC(=O)N(C(=O)OC(C)(C)C)c2cc(OC)c(OC)cc21. The minimum Gasteiger partial charge on any atom is -0.493 e. The van der Waals surface area contributed by atoms with E-state index in [1.54, 1.807) is 26.8 Å². The van der Waals surface area contributed by atoms with E-state index >= 15 is 0 Å². The van der Waals surface area contributed by atoms with Crippen LogP contribution in [-0.4, -0.2) is 32.0 Å². The molecule has 0 spiro atoms. The predicted molar refractivity (Wildman–Crippen MR) is 83.8 cm³/mol. The number of benzene rings is 1. The van der Waals surface area contributed by atoms with Gasteiger partial charge in [-0.2, -0.15) is 4.90 Å². The molecule has 0 radical (unpaired) electrons. The first-order valence-electron chi connectivity index (χ1n) is 6.88. The summed E-state index contributed by atoms with van der Waals surface area (Å²) < 4.78 is 20.7. The van der Waals surface area contributed by atoms with Gasteiger partial charge in [-0.1, -0.05) is 6.58 Å². The van der Waals surface area contributed by atoms with Gasteiger partial charge < -0.3 is 18.9 Å². The van der Waals surface area contributed by atoms with Crippen molar-refractivity contribution < 1.29 is 28.5 Å². The van der Waals surface area contributed by atoms with Crippen LogP contribution in [0.25, 0.3) is 5.76 Å². The molecule has 0 unspecified atom stereocenters. The quantitative estimate of drug-likeness (QED) is 0.829. The maximum absolute atomic E-state index is 12.3. The van der Waals surface area contributed by atoms with Crippen LogP contribution in [0.5, 0.6) is 11.5 Å². The van der Waals surface area contributed by atoms with Gasteiger partial charge in [-0.3, -0.25) is 0 Å². The number of rotatable bonds is 2. The molecule has 0 saturated carbocycles. The number of nitrogens with zero attached hydrogens (tertiary/aromatic N) is 1. The molecule has 7 nitrogen and oxygen atoms in total. The fraction of sp³-hybridized carbons (Fsp3) is 0.375. The van der Waals surface area contributed by atoms with Crippen LogP contribution in [0.2, 0.25) is 0 Å². The molecule has 2 rings (SSSR count). The third-order valence-corrected chi connectivity index (χ3v) is 3.01. The molecule has 23 heavy (non-hydrogen) atoms. The summed E-state index contributed by atoms with van der Waals surface area (Å²) in [6, 6.07) is 3.09. The highest BCUT2D eigenvalue weighted by Crippen LogP contribution is 2.41. The van der Waals surface area contributed by atoms with E-state index in [1.165, 1.54) is 20.3 Å². The highest BCUT2D eigenvalue weighted by atomic mass is 16.6. The fourth-order valence-electron chi connectivity index (χ4n) is 2.06. The molecule has 0 atom stereocenters. The van der Waals surface area contributed by atoms with Crippen molar-refractivity contribution in [2.24, 2.45) is 0 Å². The maximum Gasteiger partial charge on any atom is 0.429 e. The van der Waals surface area contributed by atoms with Crippen LogP contribution in [0.15, 0.2) is 18.7 Å². The Labute approximate surface area is 134 Å². The number of hydrogen-bond donors (Lipinski definition) is 0. The number of fused-ring (bicyclic) bond motifs is 1. The lowest BCUT2D eigenvalue weighted by atomic mass is 10.1. The third-order valence-electron chi connectivity index (χ3n) is 3.01. The molecule has 1 aliphatic heterocycles. The molecule has 0 N–H and O–H groups in total. The van der Waals surface area contributed by atoms with Crippen molar-refractivity contribution in [3.63, 3.8) is 0 Å². The second kappa shape index (κ2) is 5.83. The number of imide groups is 1. The number of cyclic esters (lactones) is 1. The zero-order valence-corrected chi connectivity index (χ0v) is 13.8. The van der Waals surface area contributed by atoms with Gasteiger partial charge in [0, 0.05) is 11.6 Å². The number of anilines is 1. The molecule has 0 aromatic heterocycles. The predicted octanol–water partition coefficient (Wildman–Crippen LogP) is 3.57. The van der Waals surface area contributed by atoms with E-state index in [2.05, 4.69) is 6.58 Å². The van der Waals surface area contributed by atoms with Crippen molar-refractivity contribution in [3.05, 3.63) is 24.3 Å². The van der Waals surface area contributed by atoms with Gasteiger partial charge in [-0.15, -0.1) is 0 Å². The van der Waals surface area contributed by atoms with Gasteiger partial charge >= 0.3 is 12.2 Å². The molecule has 2 amide bonds. The van der Waals surface area contributed by atoms with Crippen molar-refractivity contribution in [1.82, 2.24) is 0 Å². The second-order valence-corrected chi connectivity index (χ2v) is 5.83. The van der Waals surface area contributed by atoms with E-state index in [1.807, 2.05) is 0 Å². The van der Waals surface area contributed by atoms with Gasteiger partial charge in [0.15, 0.2) is 11.5 Å². The number of methoxy groups -OCH3 is 2. The summed E-state index contributed by atoms with van der Waals surface area (Å²) in [6.07, 6.45) is -1.73. The van der Waals surface area contributed by atoms with E-state index in [0.717, 1.165) is 4.90 Å². The Morgan fingerprint density at radius 1 is 1.17 bits per heavy atom. The molecule has 0 aliphatic carbocycles. The Kier molecular flexibility index (Phi) is 4.22. The summed E-state index contributed by atoms with van der Waals surface area (Å²) in [6.45, 7) is 8.80. The van der Waals surface area contributed by atoms with E-state index in [9.17, 15) is 9.59 Å². The minimum absolute atomic E-state index is 0.116. The highest BCUT2D eigenvalue weighted by molar-refractivity contribution is 6.14. The van der Waals surface area contributed by atoms with E-state index in [0.29, 0.717) is 17.1 Å². The molecular formula is C16H19NO6. The third kappa shape index (κ3) is 3.23. The van der Waals surface area contributed by atoms with Crippen molar-refractivity contribution in [2.75, 3.05) is 19.1 Å². The van der Waals surface area contributed by atoms with Gasteiger partial charge in [-0.25, -0.2) is 9.59 Å². The lowest BCUT2D eigenvalue weighted by Crippen LogP contribution is -2.43. The first kappa shape index (κ1) is 16.7. The van der Waals surface area contributed by atoms with E-state index in [4.69, 9.17) is 18.9 Å². The number of hydrogen-bond acceptors (Lipinski definition) is 6. The first-order valence-corrected chi connectivity index (χ1v) is 6.88. The average Bonchev–Trinajstić information content (AvgIpc) is 2.44. The summed E-state index contributed by atoms with van der Waals surface area (Å²) in [4.78, 5) is 25.3. The zero-order chi connectivity index (χ0) is 17.4. The van der Waals surface area contributed by atoms with Crippen molar-refractivity contribution in [2.45, 2.75) is 26.4 Å². The van der Waals surface area contributed by atoms with Crippen LogP contribution >= 0.6 is 0 Å². The Morgan fingerprint density at radius 2 is 1.74 bits per heavy atom. The Bertz CT molecular complexity index is 674. The summed E-state index contributed by atoms with van der Waals surface area (Å²) in [5.41, 5.74) is -0.0611. The monoisotopic (exact) mass is 321 g/mol. The van der Waals surface area contributed by atoms with Crippen molar-refractivity contribution >= 4 is 23.6 Å². The summed E-state index contributed by atoms with van der Waals surface area (Å²) in [5, 5.41) is 0. The topological polar surface area (TPSA) is 74.3 Å². The molecule has 7 heteroatoms. The smallest absolute Gasteiger partial charge is 0.429 e. The lowest BCUT2D eigenvalue weighted by Gasteiger charge is -2.30. The molecular weight excluding hydrogens is 302 g/mol. The molecule has 1 aromatic carbocycles. The van der Waals surface area contributed by atoms with E-state index < -0.39 is 17.8 Å². The standard InChI is InChI=1S/C16H19NO6/c1-9-10-7-12(20-5)13(21-6)8-11(10)17(14(18)22-9)15(19)23-16(2,3)4/h7-8H,1H2,2-6H3. The summed E-state index contributed by atoms with van der Waals surface area (Å²) >= 11 is 0. The Morgan fingerprint density at radius 3 is 2.26 bits per heavy atom. The van der Waals surface area contributed by atoms with Crippen molar-refractivity contribution in [1.29, 1.82) is 0 Å². The second-order valence-electron chi connectivity index (χ2n) is 5.83. The molecule has 124 valence electrons. The molecule has 1 aliphatic rings. The first-order chi connectivity index (χ1) is 10.7. The zero-order valence-electron chi connectivity index (χ0n) is 13.8. The fourth-order valence-corrected chi connectivity index (χ4v) is 2.06. The summed E-state index contributed by atoms with van der Waals surface area (Å²) in [5.74, 6) is 0.905. The molecule has 0 bridgehead atoms.